The molecule has 0 aliphatic heterocycles. The molecular formula is C23H29N3O2. The van der Waals surface area contributed by atoms with Gasteiger partial charge < -0.3 is 15.5 Å². The summed E-state index contributed by atoms with van der Waals surface area (Å²) in [7, 11) is 0. The summed E-state index contributed by atoms with van der Waals surface area (Å²) in [5.74, 6) is -0.608. The minimum Gasteiger partial charge on any atom is -0.372 e. The largest absolute Gasteiger partial charge is 0.372 e. The Kier molecular flexibility index (Phi) is 6.34. The highest BCUT2D eigenvalue weighted by atomic mass is 16.2. The van der Waals surface area contributed by atoms with Crippen LogP contribution in [-0.4, -0.2) is 24.9 Å². The highest BCUT2D eigenvalue weighted by molar-refractivity contribution is 5.99. The minimum absolute atomic E-state index is 0.0478. The third-order valence-corrected chi connectivity index (χ3v) is 5.39. The molecule has 2 N–H and O–H groups in total. The lowest BCUT2D eigenvalue weighted by Crippen LogP contribution is -2.29. The van der Waals surface area contributed by atoms with E-state index < -0.39 is 0 Å². The minimum atomic E-state index is -0.245. The zero-order valence-corrected chi connectivity index (χ0v) is 16.8. The molecule has 3 atom stereocenters. The van der Waals surface area contributed by atoms with Gasteiger partial charge in [-0.15, -0.1) is 0 Å². The van der Waals surface area contributed by atoms with Crippen LogP contribution in [0.5, 0.6) is 0 Å². The molecule has 148 valence electrons. The first kappa shape index (κ1) is 19.9. The summed E-state index contributed by atoms with van der Waals surface area (Å²) in [6.07, 6.45) is 0.608. The fourth-order valence-electron chi connectivity index (χ4n) is 3.50. The van der Waals surface area contributed by atoms with Crippen LogP contribution in [-0.2, 0) is 9.59 Å². The molecule has 1 fully saturated rings. The number of benzene rings is 2. The summed E-state index contributed by atoms with van der Waals surface area (Å²) in [4.78, 5) is 27.2. The molecule has 1 aliphatic carbocycles. The smallest absolute Gasteiger partial charge is 0.228 e. The molecule has 0 spiro atoms. The third-order valence-electron chi connectivity index (χ3n) is 5.39. The van der Waals surface area contributed by atoms with Crippen molar-refractivity contribution >= 4 is 23.2 Å². The molecule has 2 aromatic rings. The molecule has 3 unspecified atom stereocenters. The highest BCUT2D eigenvalue weighted by Crippen LogP contribution is 2.40. The van der Waals surface area contributed by atoms with Crippen LogP contribution in [0, 0.1) is 11.8 Å². The van der Waals surface area contributed by atoms with Crippen molar-refractivity contribution in [3.05, 3.63) is 60.2 Å². The van der Waals surface area contributed by atoms with Crippen molar-refractivity contribution in [2.45, 2.75) is 33.2 Å². The number of anilines is 2. The zero-order chi connectivity index (χ0) is 20.1. The van der Waals surface area contributed by atoms with E-state index in [1.807, 2.05) is 61.5 Å². The van der Waals surface area contributed by atoms with Gasteiger partial charge in [0.25, 0.3) is 0 Å². The Bertz CT molecular complexity index is 800. The van der Waals surface area contributed by atoms with E-state index in [-0.39, 0.29) is 29.7 Å². The van der Waals surface area contributed by atoms with Crippen molar-refractivity contribution in [2.24, 2.45) is 11.8 Å². The first-order valence-corrected chi connectivity index (χ1v) is 10.0. The lowest BCUT2D eigenvalue weighted by atomic mass is 10.1. The number of carbonyl (C=O) groups excluding carboxylic acids is 2. The van der Waals surface area contributed by atoms with Crippen LogP contribution in [0.2, 0.25) is 0 Å². The van der Waals surface area contributed by atoms with Gasteiger partial charge in [0.05, 0.1) is 17.9 Å². The Morgan fingerprint density at radius 2 is 1.57 bits per heavy atom. The summed E-state index contributed by atoms with van der Waals surface area (Å²) in [6.45, 7) is 8.10. The first-order chi connectivity index (χ1) is 13.5. The Labute approximate surface area is 167 Å². The number of carbonyl (C=O) groups is 2. The predicted molar refractivity (Wildman–Crippen MR) is 113 cm³/mol. The van der Waals surface area contributed by atoms with E-state index in [0.717, 1.165) is 30.0 Å². The molecule has 5 nitrogen and oxygen atoms in total. The van der Waals surface area contributed by atoms with Gasteiger partial charge in [0, 0.05) is 24.5 Å². The van der Waals surface area contributed by atoms with Gasteiger partial charge in [0.2, 0.25) is 11.8 Å². The number of amides is 2. The van der Waals surface area contributed by atoms with Crippen LogP contribution in [0.3, 0.4) is 0 Å². The number of rotatable bonds is 8. The molecule has 0 heterocycles. The van der Waals surface area contributed by atoms with Crippen molar-refractivity contribution in [3.63, 3.8) is 0 Å². The SMILES string of the molecule is CCN(CC)c1ccc(NC(=O)C2CC2C(=O)NC(C)c2ccccc2)cc1. The number of nitrogens with one attached hydrogen (secondary N) is 2. The van der Waals surface area contributed by atoms with E-state index in [0.29, 0.717) is 6.42 Å². The molecular weight excluding hydrogens is 350 g/mol. The Hall–Kier alpha value is -2.82. The lowest BCUT2D eigenvalue weighted by molar-refractivity contribution is -0.125. The van der Waals surface area contributed by atoms with Gasteiger partial charge in [-0.25, -0.2) is 0 Å². The van der Waals surface area contributed by atoms with E-state index in [1.54, 1.807) is 0 Å². The number of hydrogen-bond donors (Lipinski definition) is 2. The lowest BCUT2D eigenvalue weighted by Gasteiger charge is -2.21. The van der Waals surface area contributed by atoms with E-state index in [4.69, 9.17) is 0 Å². The Morgan fingerprint density at radius 1 is 0.964 bits per heavy atom. The van der Waals surface area contributed by atoms with Crippen LogP contribution < -0.4 is 15.5 Å². The molecule has 2 amide bonds. The van der Waals surface area contributed by atoms with Crippen LogP contribution in [0.25, 0.3) is 0 Å². The monoisotopic (exact) mass is 379 g/mol. The van der Waals surface area contributed by atoms with Gasteiger partial charge in [0.15, 0.2) is 0 Å². The maximum absolute atomic E-state index is 12.5. The predicted octanol–water partition coefficient (Wildman–Crippen LogP) is 3.98. The van der Waals surface area contributed by atoms with Crippen LogP contribution in [0.15, 0.2) is 54.6 Å². The van der Waals surface area contributed by atoms with Crippen molar-refractivity contribution in [1.82, 2.24) is 5.32 Å². The third kappa shape index (κ3) is 4.71. The van der Waals surface area contributed by atoms with Crippen molar-refractivity contribution in [2.75, 3.05) is 23.3 Å². The maximum Gasteiger partial charge on any atom is 0.228 e. The zero-order valence-electron chi connectivity index (χ0n) is 16.8. The van der Waals surface area contributed by atoms with Crippen LogP contribution in [0.4, 0.5) is 11.4 Å². The van der Waals surface area contributed by atoms with Crippen LogP contribution in [0.1, 0.15) is 38.8 Å². The van der Waals surface area contributed by atoms with Gasteiger partial charge in [-0.05, 0) is 57.0 Å². The van der Waals surface area contributed by atoms with Gasteiger partial charge in [0.1, 0.15) is 0 Å². The fraction of sp³-hybridized carbons (Fsp3) is 0.391. The van der Waals surface area contributed by atoms with E-state index in [2.05, 4.69) is 29.4 Å². The summed E-state index contributed by atoms with van der Waals surface area (Å²) < 4.78 is 0. The number of nitrogens with zero attached hydrogens (tertiary/aromatic N) is 1. The van der Waals surface area contributed by atoms with Crippen molar-refractivity contribution < 1.29 is 9.59 Å². The first-order valence-electron chi connectivity index (χ1n) is 10.0. The standard InChI is InChI=1S/C23H29N3O2/c1-4-26(5-2)19-13-11-18(12-14-19)25-23(28)21-15-20(21)22(27)24-16(3)17-9-7-6-8-10-17/h6-14,16,20-21H,4-5,15H2,1-3H3,(H,24,27)(H,25,28). The van der Waals surface area contributed by atoms with Gasteiger partial charge in [-0.3, -0.25) is 9.59 Å². The average molecular weight is 380 g/mol. The molecule has 1 saturated carbocycles. The summed E-state index contributed by atoms with van der Waals surface area (Å²) >= 11 is 0. The Balaban J connectivity index is 1.50. The van der Waals surface area contributed by atoms with E-state index in [1.165, 1.54) is 0 Å². The summed E-state index contributed by atoms with van der Waals surface area (Å²) in [5, 5.41) is 5.95. The normalized spacial score (nSPS) is 18.8. The van der Waals surface area contributed by atoms with E-state index in [9.17, 15) is 9.59 Å². The van der Waals surface area contributed by atoms with Crippen LogP contribution >= 0.6 is 0 Å². The molecule has 0 bridgehead atoms. The topological polar surface area (TPSA) is 61.4 Å². The van der Waals surface area contributed by atoms with Gasteiger partial charge in [-0.2, -0.15) is 0 Å². The molecule has 0 aromatic heterocycles. The average Bonchev–Trinajstić information content (AvgIpc) is 3.52. The molecule has 2 aromatic carbocycles. The van der Waals surface area contributed by atoms with Crippen molar-refractivity contribution in [3.8, 4) is 0 Å². The fourth-order valence-corrected chi connectivity index (χ4v) is 3.50. The Morgan fingerprint density at radius 3 is 2.18 bits per heavy atom. The van der Waals surface area contributed by atoms with E-state index >= 15 is 0 Å². The van der Waals surface area contributed by atoms with Gasteiger partial charge >= 0.3 is 0 Å². The highest BCUT2D eigenvalue weighted by Gasteiger charge is 2.48. The molecule has 0 radical (unpaired) electrons. The second-order valence-corrected chi connectivity index (χ2v) is 7.30. The van der Waals surface area contributed by atoms with Crippen molar-refractivity contribution in [1.29, 1.82) is 0 Å². The molecule has 3 rings (SSSR count). The number of hydrogen-bond acceptors (Lipinski definition) is 3. The summed E-state index contributed by atoms with van der Waals surface area (Å²) in [5.41, 5.74) is 2.97. The second kappa shape index (κ2) is 8.91. The maximum atomic E-state index is 12.5. The molecule has 0 saturated heterocycles. The quantitative estimate of drug-likeness (QED) is 0.729. The molecule has 28 heavy (non-hydrogen) atoms. The second-order valence-electron chi connectivity index (χ2n) is 7.30. The molecule has 1 aliphatic rings. The van der Waals surface area contributed by atoms with Gasteiger partial charge in [-0.1, -0.05) is 30.3 Å². The molecule has 5 heteroatoms. The summed E-state index contributed by atoms with van der Waals surface area (Å²) in [6, 6.07) is 17.6.